The van der Waals surface area contributed by atoms with Gasteiger partial charge in [0.2, 0.25) is 0 Å². The first-order valence-corrected chi connectivity index (χ1v) is 10.3. The summed E-state index contributed by atoms with van der Waals surface area (Å²) in [6.45, 7) is -0.0168. The van der Waals surface area contributed by atoms with Crippen LogP contribution in [0.4, 0.5) is 5.69 Å². The smallest absolute Gasteiger partial charge is 0.349 e. The molecule has 0 saturated carbocycles. The maximum atomic E-state index is 12.7. The van der Waals surface area contributed by atoms with Gasteiger partial charge in [-0.15, -0.1) is 4.68 Å². The van der Waals surface area contributed by atoms with Crippen molar-refractivity contribution in [3.8, 4) is 11.5 Å². The molecule has 0 fully saturated rings. The van der Waals surface area contributed by atoms with Gasteiger partial charge in [0.15, 0.2) is 11.5 Å². The van der Waals surface area contributed by atoms with E-state index in [0.29, 0.717) is 31.7 Å². The van der Waals surface area contributed by atoms with Crippen LogP contribution >= 0.6 is 11.6 Å². The second kappa shape index (κ2) is 9.59. The average Bonchev–Trinajstić information content (AvgIpc) is 2.83. The second-order valence-corrected chi connectivity index (χ2v) is 7.52. The van der Waals surface area contributed by atoms with Gasteiger partial charge in [0, 0.05) is 28.8 Å². The molecule has 0 aliphatic carbocycles. The molecule has 0 saturated heterocycles. The minimum atomic E-state index is -0.715. The number of aromatic amines is 1. The highest BCUT2D eigenvalue weighted by atomic mass is 35.5. The summed E-state index contributed by atoms with van der Waals surface area (Å²) in [5.74, 6) is 0.506. The van der Waals surface area contributed by atoms with Crippen LogP contribution in [0.5, 0.6) is 11.5 Å². The van der Waals surface area contributed by atoms with E-state index in [9.17, 15) is 19.7 Å². The molecular weight excluding hydrogens is 464 g/mol. The summed E-state index contributed by atoms with van der Waals surface area (Å²) in [6, 6.07) is 15.6. The Kier molecular flexibility index (Phi) is 6.42. The van der Waals surface area contributed by atoms with Gasteiger partial charge in [0.25, 0.3) is 11.2 Å². The number of methoxy groups -OCH3 is 1. The van der Waals surface area contributed by atoms with Crippen molar-refractivity contribution in [1.29, 1.82) is 0 Å². The predicted molar refractivity (Wildman–Crippen MR) is 127 cm³/mol. The molecule has 0 unspecified atom stereocenters. The van der Waals surface area contributed by atoms with E-state index in [1.165, 1.54) is 37.6 Å². The molecule has 0 aliphatic rings. The number of para-hydroxylation sites is 1. The Labute approximate surface area is 196 Å². The van der Waals surface area contributed by atoms with Gasteiger partial charge in [-0.3, -0.25) is 14.9 Å². The fourth-order valence-corrected chi connectivity index (χ4v) is 3.50. The van der Waals surface area contributed by atoms with Crippen LogP contribution in [0.2, 0.25) is 5.02 Å². The third-order valence-electron chi connectivity index (χ3n) is 4.87. The number of rotatable bonds is 7. The lowest BCUT2D eigenvalue weighted by Gasteiger charge is -2.14. The quantitative estimate of drug-likeness (QED) is 0.244. The van der Waals surface area contributed by atoms with Crippen molar-refractivity contribution in [3.05, 3.63) is 108 Å². The van der Waals surface area contributed by atoms with E-state index in [1.807, 2.05) is 0 Å². The first-order chi connectivity index (χ1) is 16.4. The summed E-state index contributed by atoms with van der Waals surface area (Å²) in [5.41, 5.74) is -0.0996. The molecule has 34 heavy (non-hydrogen) atoms. The highest BCUT2D eigenvalue weighted by Gasteiger charge is 2.14. The Morgan fingerprint density at radius 2 is 1.94 bits per heavy atom. The van der Waals surface area contributed by atoms with E-state index in [-0.39, 0.29) is 23.8 Å². The molecule has 0 amide bonds. The molecule has 3 aromatic carbocycles. The van der Waals surface area contributed by atoms with E-state index in [0.717, 1.165) is 0 Å². The van der Waals surface area contributed by atoms with E-state index in [2.05, 4.69) is 10.1 Å². The number of fused-ring (bicyclic) bond motifs is 1. The topological polar surface area (TPSA) is 129 Å². The van der Waals surface area contributed by atoms with Crippen LogP contribution in [0.3, 0.4) is 0 Å². The number of benzene rings is 3. The van der Waals surface area contributed by atoms with Crippen LogP contribution in [0.25, 0.3) is 10.9 Å². The van der Waals surface area contributed by atoms with Crippen molar-refractivity contribution in [2.45, 2.75) is 6.61 Å². The van der Waals surface area contributed by atoms with Crippen molar-refractivity contribution in [2.24, 2.45) is 5.10 Å². The van der Waals surface area contributed by atoms with E-state index >= 15 is 0 Å². The van der Waals surface area contributed by atoms with Crippen molar-refractivity contribution < 1.29 is 14.4 Å². The van der Waals surface area contributed by atoms with Crippen LogP contribution in [0.15, 0.2) is 75.4 Å². The van der Waals surface area contributed by atoms with Crippen LogP contribution < -0.4 is 20.7 Å². The molecule has 1 N–H and O–H groups in total. The molecule has 4 rings (SSSR count). The number of nitro benzene ring substituents is 1. The van der Waals surface area contributed by atoms with Crippen LogP contribution in [0.1, 0.15) is 11.1 Å². The number of hydrogen-bond donors (Lipinski definition) is 1. The number of H-pyrrole nitrogens is 1. The zero-order valence-electron chi connectivity index (χ0n) is 17.7. The number of halogens is 1. The molecule has 172 valence electrons. The molecule has 0 spiro atoms. The molecule has 0 atom stereocenters. The molecule has 1 heterocycles. The molecule has 0 aliphatic heterocycles. The fraction of sp³-hybridized carbons (Fsp3) is 0.0870. The third kappa shape index (κ3) is 4.66. The number of nitrogens with one attached hydrogen (secondary N) is 1. The number of non-ortho nitro benzene ring substituents is 1. The summed E-state index contributed by atoms with van der Waals surface area (Å²) >= 11 is 6.19. The zero-order valence-corrected chi connectivity index (χ0v) is 18.5. The molecular formula is C23H17ClN4O6. The van der Waals surface area contributed by atoms with Gasteiger partial charge in [-0.2, -0.15) is 5.10 Å². The summed E-state index contributed by atoms with van der Waals surface area (Å²) in [4.78, 5) is 38.3. The van der Waals surface area contributed by atoms with E-state index in [1.54, 1.807) is 36.4 Å². The number of nitrogens with zero attached hydrogens (tertiary/aromatic N) is 3. The fourth-order valence-electron chi connectivity index (χ4n) is 3.28. The molecule has 0 radical (unpaired) electrons. The van der Waals surface area contributed by atoms with Crippen molar-refractivity contribution in [3.63, 3.8) is 0 Å². The molecule has 1 aromatic heterocycles. The number of hydrogen-bond acceptors (Lipinski definition) is 7. The Morgan fingerprint density at radius 1 is 1.15 bits per heavy atom. The van der Waals surface area contributed by atoms with Gasteiger partial charge in [-0.1, -0.05) is 35.9 Å². The minimum absolute atomic E-state index is 0.0168. The first-order valence-electron chi connectivity index (χ1n) is 9.89. The maximum absolute atomic E-state index is 12.7. The zero-order chi connectivity index (χ0) is 24.2. The first kappa shape index (κ1) is 22.7. The maximum Gasteiger partial charge on any atom is 0.349 e. The normalized spacial score (nSPS) is 11.1. The Hall–Kier alpha value is -4.44. The molecule has 10 nitrogen and oxygen atoms in total. The lowest BCUT2D eigenvalue weighted by molar-refractivity contribution is -0.384. The molecule has 11 heteroatoms. The Balaban J connectivity index is 1.72. The predicted octanol–water partition coefficient (Wildman–Crippen LogP) is 3.72. The summed E-state index contributed by atoms with van der Waals surface area (Å²) in [5, 5.41) is 15.7. The van der Waals surface area contributed by atoms with E-state index < -0.39 is 16.2 Å². The van der Waals surface area contributed by atoms with Gasteiger partial charge in [0.1, 0.15) is 6.61 Å². The monoisotopic (exact) mass is 480 g/mol. The van der Waals surface area contributed by atoms with Crippen molar-refractivity contribution >= 4 is 34.4 Å². The number of nitro groups is 1. The summed E-state index contributed by atoms with van der Waals surface area (Å²) in [6.07, 6.45) is 1.25. The summed E-state index contributed by atoms with van der Waals surface area (Å²) < 4.78 is 11.9. The van der Waals surface area contributed by atoms with Crippen LogP contribution in [0, 0.1) is 10.1 Å². The summed E-state index contributed by atoms with van der Waals surface area (Å²) in [7, 11) is 1.42. The van der Waals surface area contributed by atoms with Crippen molar-refractivity contribution in [2.75, 3.05) is 7.11 Å². The Bertz CT molecular complexity index is 1540. The Morgan fingerprint density at radius 3 is 2.71 bits per heavy atom. The SMILES string of the molecule is COc1cc(Cl)cc(C=Nn2c(=O)[nH]c3ccccc3c2=O)c1OCc1cccc([N+](=O)[O-])c1. The number of ether oxygens (including phenoxy) is 2. The van der Waals surface area contributed by atoms with Crippen LogP contribution in [-0.4, -0.2) is 27.9 Å². The highest BCUT2D eigenvalue weighted by Crippen LogP contribution is 2.34. The standard InChI is InChI=1S/C23H17ClN4O6/c1-33-20-11-16(24)10-15(21(20)34-13-14-5-4-6-17(9-14)28(31)32)12-25-27-22(29)18-7-2-3-8-19(18)26-23(27)30/h2-12H,13H2,1H3,(H,26,30). The van der Waals surface area contributed by atoms with Gasteiger partial charge in [-0.25, -0.2) is 4.79 Å². The lowest BCUT2D eigenvalue weighted by Crippen LogP contribution is -2.32. The highest BCUT2D eigenvalue weighted by molar-refractivity contribution is 6.31. The second-order valence-electron chi connectivity index (χ2n) is 7.08. The van der Waals surface area contributed by atoms with Gasteiger partial charge in [-0.05, 0) is 23.8 Å². The largest absolute Gasteiger partial charge is 0.493 e. The number of aromatic nitrogens is 2. The van der Waals surface area contributed by atoms with Gasteiger partial charge in [0.05, 0.1) is 29.2 Å². The van der Waals surface area contributed by atoms with Crippen molar-refractivity contribution in [1.82, 2.24) is 9.66 Å². The van der Waals surface area contributed by atoms with Gasteiger partial charge >= 0.3 is 5.69 Å². The third-order valence-corrected chi connectivity index (χ3v) is 5.09. The van der Waals surface area contributed by atoms with Gasteiger partial charge < -0.3 is 14.5 Å². The van der Waals surface area contributed by atoms with E-state index in [4.69, 9.17) is 21.1 Å². The minimum Gasteiger partial charge on any atom is -0.493 e. The average molecular weight is 481 g/mol. The molecule has 0 bridgehead atoms. The van der Waals surface area contributed by atoms with Crippen LogP contribution in [-0.2, 0) is 6.61 Å². The molecule has 4 aromatic rings. The lowest BCUT2D eigenvalue weighted by atomic mass is 10.2.